The predicted molar refractivity (Wildman–Crippen MR) is 73.4 cm³/mol. The monoisotopic (exact) mass is 300 g/mol. The smallest absolute Gasteiger partial charge is 0.288 e. The van der Waals surface area contributed by atoms with Crippen LogP contribution in [0.2, 0.25) is 0 Å². The normalized spacial score (nSPS) is 20.4. The third-order valence-electron chi connectivity index (χ3n) is 3.73. The van der Waals surface area contributed by atoms with Crippen molar-refractivity contribution in [1.82, 2.24) is 10.4 Å². The van der Waals surface area contributed by atoms with E-state index < -0.39 is 17.8 Å². The molecule has 6 heteroatoms. The maximum absolute atomic E-state index is 13.4. The summed E-state index contributed by atoms with van der Waals surface area (Å²) in [6, 6.07) is 5.23. The lowest BCUT2D eigenvalue weighted by molar-refractivity contribution is -0.200. The van der Waals surface area contributed by atoms with Crippen LogP contribution in [0.15, 0.2) is 24.3 Å². The third kappa shape index (κ3) is 3.56. The van der Waals surface area contributed by atoms with Crippen molar-refractivity contribution >= 4 is 5.91 Å². The van der Waals surface area contributed by atoms with Gasteiger partial charge in [-0.05, 0) is 32.8 Å². The molecule has 1 saturated heterocycles. The molecule has 0 radical (unpaired) electrons. The second-order valence-electron chi connectivity index (χ2n) is 6.14. The highest BCUT2D eigenvalue weighted by atomic mass is 19.4. The molecule has 116 valence electrons. The molecule has 1 amide bonds. The molecule has 1 fully saturated rings. The van der Waals surface area contributed by atoms with Gasteiger partial charge in [-0.15, -0.1) is 0 Å². The number of nitrogens with one attached hydrogen (secondary N) is 1. The molecule has 1 aromatic carbocycles. The minimum absolute atomic E-state index is 0.0630. The second-order valence-corrected chi connectivity index (χ2v) is 6.14. The molecule has 21 heavy (non-hydrogen) atoms. The first-order valence-corrected chi connectivity index (χ1v) is 6.81. The van der Waals surface area contributed by atoms with Crippen LogP contribution in [0.5, 0.6) is 0 Å². The largest absolute Gasteiger partial charge is 0.406 e. The first kappa shape index (κ1) is 15.8. The maximum Gasteiger partial charge on any atom is 0.406 e. The van der Waals surface area contributed by atoms with Gasteiger partial charge < -0.3 is 0 Å². The number of nitrogens with zero attached hydrogens (tertiary/aromatic N) is 1. The van der Waals surface area contributed by atoms with Gasteiger partial charge in [-0.1, -0.05) is 29.8 Å². The van der Waals surface area contributed by atoms with E-state index >= 15 is 0 Å². The van der Waals surface area contributed by atoms with Crippen LogP contribution in [0.4, 0.5) is 13.2 Å². The lowest BCUT2D eigenvalue weighted by Crippen LogP contribution is -2.57. The van der Waals surface area contributed by atoms with E-state index in [1.807, 2.05) is 6.92 Å². The number of alkyl halides is 3. The summed E-state index contributed by atoms with van der Waals surface area (Å²) in [5, 5.41) is 1.05. The van der Waals surface area contributed by atoms with Gasteiger partial charge in [0.2, 0.25) is 5.91 Å². The summed E-state index contributed by atoms with van der Waals surface area (Å²) in [5.74, 6) is -0.377. The summed E-state index contributed by atoms with van der Waals surface area (Å²) < 4.78 is 40.2. The van der Waals surface area contributed by atoms with E-state index in [-0.39, 0.29) is 18.7 Å². The molecule has 1 atom stereocenters. The van der Waals surface area contributed by atoms with E-state index in [4.69, 9.17) is 0 Å². The fraction of sp³-hybridized carbons (Fsp3) is 0.533. The van der Waals surface area contributed by atoms with Gasteiger partial charge in [-0.2, -0.15) is 13.2 Å². The van der Waals surface area contributed by atoms with Crippen LogP contribution in [0.3, 0.4) is 0 Å². The molecular weight excluding hydrogens is 281 g/mol. The molecule has 1 aromatic rings. The molecule has 0 saturated carbocycles. The third-order valence-corrected chi connectivity index (χ3v) is 3.73. The molecular formula is C15H19F3N2O. The van der Waals surface area contributed by atoms with Crippen molar-refractivity contribution in [3.8, 4) is 0 Å². The first-order chi connectivity index (χ1) is 9.59. The molecule has 2 rings (SSSR count). The second kappa shape index (κ2) is 5.33. The molecule has 1 aliphatic heterocycles. The van der Waals surface area contributed by atoms with Crippen LogP contribution < -0.4 is 5.43 Å². The number of amides is 1. The molecule has 0 aromatic heterocycles. The average molecular weight is 300 g/mol. The molecule has 1 aliphatic rings. The van der Waals surface area contributed by atoms with Crippen molar-refractivity contribution in [2.45, 2.75) is 51.4 Å². The van der Waals surface area contributed by atoms with Crippen molar-refractivity contribution in [3.05, 3.63) is 35.4 Å². The predicted octanol–water partition coefficient (Wildman–Crippen LogP) is 2.98. The lowest BCUT2D eigenvalue weighted by Gasteiger charge is -2.37. The van der Waals surface area contributed by atoms with Crippen molar-refractivity contribution in [3.63, 3.8) is 0 Å². The van der Waals surface area contributed by atoms with Gasteiger partial charge >= 0.3 is 6.18 Å². The highest BCUT2D eigenvalue weighted by Crippen LogP contribution is 2.34. The number of rotatable bonds is 3. The standard InChI is InChI=1S/C15H19F3N2O/c1-10-4-6-11(7-5-10)8-12(15(16,17)18)20-14(2,3)9-13(21)19-20/h4-7,12H,8-9H2,1-3H3,(H,19,21)/t12-/m0/s1. The molecule has 3 nitrogen and oxygen atoms in total. The minimum atomic E-state index is -4.42. The van der Waals surface area contributed by atoms with Crippen molar-refractivity contribution in [1.29, 1.82) is 0 Å². The number of benzene rings is 1. The zero-order valence-electron chi connectivity index (χ0n) is 12.3. The summed E-state index contributed by atoms with van der Waals surface area (Å²) in [6.45, 7) is 5.16. The fourth-order valence-electron chi connectivity index (χ4n) is 2.60. The Bertz CT molecular complexity index is 523. The number of hydrogen-bond acceptors (Lipinski definition) is 2. The zero-order valence-corrected chi connectivity index (χ0v) is 12.3. The van der Waals surface area contributed by atoms with Crippen LogP contribution in [-0.4, -0.2) is 28.7 Å². The Balaban J connectivity index is 2.27. The van der Waals surface area contributed by atoms with E-state index in [0.29, 0.717) is 5.56 Å². The molecule has 0 unspecified atom stereocenters. The van der Waals surface area contributed by atoms with Gasteiger partial charge in [-0.3, -0.25) is 10.2 Å². The topological polar surface area (TPSA) is 32.3 Å². The number of carbonyl (C=O) groups excluding carboxylic acids is 1. The van der Waals surface area contributed by atoms with Crippen LogP contribution in [-0.2, 0) is 11.2 Å². The van der Waals surface area contributed by atoms with Crippen molar-refractivity contribution in [2.75, 3.05) is 0 Å². The van der Waals surface area contributed by atoms with Gasteiger partial charge in [-0.25, -0.2) is 5.01 Å². The Morgan fingerprint density at radius 2 is 1.86 bits per heavy atom. The fourth-order valence-corrected chi connectivity index (χ4v) is 2.60. The number of hydrazine groups is 1. The Kier molecular flexibility index (Phi) is 4.02. The molecule has 0 bridgehead atoms. The van der Waals surface area contributed by atoms with Gasteiger partial charge in [0.1, 0.15) is 6.04 Å². The molecule has 0 aliphatic carbocycles. The van der Waals surface area contributed by atoms with Crippen LogP contribution >= 0.6 is 0 Å². The van der Waals surface area contributed by atoms with Crippen LogP contribution in [0, 0.1) is 6.92 Å². The van der Waals surface area contributed by atoms with E-state index in [1.54, 1.807) is 38.1 Å². The van der Waals surface area contributed by atoms with Crippen LogP contribution in [0.1, 0.15) is 31.4 Å². The van der Waals surface area contributed by atoms with Gasteiger partial charge in [0, 0.05) is 12.0 Å². The Morgan fingerprint density at radius 3 is 2.29 bits per heavy atom. The maximum atomic E-state index is 13.4. The number of halogens is 3. The molecule has 1 heterocycles. The van der Waals surface area contributed by atoms with Crippen molar-refractivity contribution in [2.24, 2.45) is 0 Å². The molecule has 0 spiro atoms. The Labute approximate surface area is 122 Å². The van der Waals surface area contributed by atoms with E-state index in [0.717, 1.165) is 10.6 Å². The summed E-state index contributed by atoms with van der Waals surface area (Å²) in [4.78, 5) is 11.5. The molecule has 1 N–H and O–H groups in total. The minimum Gasteiger partial charge on any atom is -0.288 e. The highest BCUT2D eigenvalue weighted by Gasteiger charge is 2.51. The SMILES string of the molecule is Cc1ccc(C[C@H](N2NC(=O)CC2(C)C)C(F)(F)F)cc1. The highest BCUT2D eigenvalue weighted by molar-refractivity contribution is 5.78. The summed E-state index contributed by atoms with van der Waals surface area (Å²) in [7, 11) is 0. The number of hydrogen-bond donors (Lipinski definition) is 1. The van der Waals surface area contributed by atoms with Gasteiger partial charge in [0.25, 0.3) is 0 Å². The summed E-state index contributed by atoms with van der Waals surface area (Å²) >= 11 is 0. The number of carbonyl (C=O) groups is 1. The van der Waals surface area contributed by atoms with E-state index in [9.17, 15) is 18.0 Å². The van der Waals surface area contributed by atoms with Crippen molar-refractivity contribution < 1.29 is 18.0 Å². The van der Waals surface area contributed by atoms with Gasteiger partial charge in [0.15, 0.2) is 0 Å². The zero-order chi connectivity index (χ0) is 15.8. The van der Waals surface area contributed by atoms with Gasteiger partial charge in [0.05, 0.1) is 0 Å². The van der Waals surface area contributed by atoms with Crippen LogP contribution in [0.25, 0.3) is 0 Å². The Hall–Kier alpha value is -1.56. The average Bonchev–Trinajstić information content (AvgIpc) is 2.60. The first-order valence-electron chi connectivity index (χ1n) is 6.81. The summed E-state index contributed by atoms with van der Waals surface area (Å²) in [6.07, 6.45) is -4.54. The quantitative estimate of drug-likeness (QED) is 0.931. The van der Waals surface area contributed by atoms with E-state index in [2.05, 4.69) is 5.43 Å². The van der Waals surface area contributed by atoms with E-state index in [1.165, 1.54) is 0 Å². The summed E-state index contributed by atoms with van der Waals surface area (Å²) in [5.41, 5.74) is 3.09. The lowest BCUT2D eigenvalue weighted by atomic mass is 9.97. The number of aryl methyl sites for hydroxylation is 1. The Morgan fingerprint density at radius 1 is 1.29 bits per heavy atom.